The van der Waals surface area contributed by atoms with E-state index in [0.29, 0.717) is 17.6 Å². The highest BCUT2D eigenvalue weighted by molar-refractivity contribution is 6.30. The highest BCUT2D eigenvalue weighted by Gasteiger charge is 1.93. The maximum Gasteiger partial charge on any atom is 0.316 e. The Kier molecular flexibility index (Phi) is 2.86. The predicted molar refractivity (Wildman–Crippen MR) is 42.7 cm³/mol. The van der Waals surface area contributed by atoms with Crippen LogP contribution >= 0.6 is 11.6 Å². The molecule has 4 heteroatoms. The number of hydrogen-bond donors (Lipinski definition) is 0. The van der Waals surface area contributed by atoms with Gasteiger partial charge in [-0.3, -0.25) is 0 Å². The number of rotatable bonds is 3. The molecule has 1 heterocycles. The minimum atomic E-state index is 0.314. The van der Waals surface area contributed by atoms with Crippen LogP contribution in [-0.4, -0.2) is 16.6 Å². The van der Waals surface area contributed by atoms with Crippen molar-refractivity contribution in [1.29, 1.82) is 0 Å². The molecule has 0 bridgehead atoms. The molecule has 0 aliphatic heterocycles. The van der Waals surface area contributed by atoms with Crippen molar-refractivity contribution < 1.29 is 4.74 Å². The summed E-state index contributed by atoms with van der Waals surface area (Å²) in [4.78, 5) is 7.61. The zero-order chi connectivity index (χ0) is 8.10. The molecule has 58 valence electrons. The molecule has 11 heavy (non-hydrogen) atoms. The van der Waals surface area contributed by atoms with Crippen LogP contribution in [0.5, 0.6) is 6.01 Å². The smallest absolute Gasteiger partial charge is 0.316 e. The van der Waals surface area contributed by atoms with Crippen LogP contribution in [0.2, 0.25) is 5.02 Å². The van der Waals surface area contributed by atoms with Crippen LogP contribution in [0.4, 0.5) is 0 Å². The molecule has 3 nitrogen and oxygen atoms in total. The summed E-state index contributed by atoms with van der Waals surface area (Å²) in [5.41, 5.74) is 0. The number of hydrogen-bond acceptors (Lipinski definition) is 3. The first-order chi connectivity index (χ1) is 5.33. The summed E-state index contributed by atoms with van der Waals surface area (Å²) in [6.07, 6.45) is 4.58. The first kappa shape index (κ1) is 8.01. The Hall–Kier alpha value is -1.09. The molecule has 1 rings (SSSR count). The monoisotopic (exact) mass is 170 g/mol. The zero-order valence-corrected chi connectivity index (χ0v) is 6.58. The van der Waals surface area contributed by atoms with Crippen LogP contribution in [0.15, 0.2) is 25.0 Å². The Morgan fingerprint density at radius 3 is 2.73 bits per heavy atom. The summed E-state index contributed by atoms with van der Waals surface area (Å²) in [6.45, 7) is 3.89. The van der Waals surface area contributed by atoms with Gasteiger partial charge in [0.1, 0.15) is 6.61 Å². The number of aromatic nitrogens is 2. The van der Waals surface area contributed by atoms with Gasteiger partial charge in [-0.15, -0.1) is 0 Å². The van der Waals surface area contributed by atoms with Crippen molar-refractivity contribution in [3.63, 3.8) is 0 Å². The molecule has 0 unspecified atom stereocenters. The molecule has 0 amide bonds. The number of halogens is 1. The van der Waals surface area contributed by atoms with Gasteiger partial charge in [0.15, 0.2) is 0 Å². The van der Waals surface area contributed by atoms with Crippen molar-refractivity contribution in [1.82, 2.24) is 9.97 Å². The average molecular weight is 171 g/mol. The average Bonchev–Trinajstić information content (AvgIpc) is 2.04. The van der Waals surface area contributed by atoms with Crippen LogP contribution in [0.25, 0.3) is 0 Å². The predicted octanol–water partition coefficient (Wildman–Crippen LogP) is 1.69. The quantitative estimate of drug-likeness (QED) is 0.648. The molecule has 0 saturated heterocycles. The van der Waals surface area contributed by atoms with Crippen molar-refractivity contribution in [3.05, 3.63) is 30.1 Å². The van der Waals surface area contributed by atoms with Gasteiger partial charge in [0, 0.05) is 0 Å². The summed E-state index contributed by atoms with van der Waals surface area (Å²) < 4.78 is 5.01. The highest BCUT2D eigenvalue weighted by Crippen LogP contribution is 2.06. The van der Waals surface area contributed by atoms with E-state index in [9.17, 15) is 0 Å². The van der Waals surface area contributed by atoms with Gasteiger partial charge in [0.25, 0.3) is 0 Å². The molecule has 0 aliphatic rings. The van der Waals surface area contributed by atoms with Gasteiger partial charge in [-0.1, -0.05) is 24.3 Å². The molecule has 0 atom stereocenters. The van der Waals surface area contributed by atoms with Crippen LogP contribution < -0.4 is 4.74 Å². The van der Waals surface area contributed by atoms with Gasteiger partial charge < -0.3 is 4.74 Å². The Morgan fingerprint density at radius 1 is 1.55 bits per heavy atom. The Labute approximate surface area is 69.7 Å². The van der Waals surface area contributed by atoms with E-state index in [1.165, 1.54) is 12.4 Å². The Morgan fingerprint density at radius 2 is 2.18 bits per heavy atom. The van der Waals surface area contributed by atoms with Crippen molar-refractivity contribution in [3.8, 4) is 6.01 Å². The minimum absolute atomic E-state index is 0.314. The van der Waals surface area contributed by atoms with E-state index in [2.05, 4.69) is 16.5 Å². The normalized spacial score (nSPS) is 9.18. The van der Waals surface area contributed by atoms with Gasteiger partial charge in [0.05, 0.1) is 17.4 Å². The number of nitrogens with zero attached hydrogens (tertiary/aromatic N) is 2. The second-order valence-electron chi connectivity index (χ2n) is 1.78. The summed E-state index contributed by atoms with van der Waals surface area (Å²) >= 11 is 5.54. The van der Waals surface area contributed by atoms with Gasteiger partial charge in [-0.05, 0) is 0 Å². The maximum absolute atomic E-state index is 5.54. The van der Waals surface area contributed by atoms with Gasteiger partial charge in [-0.25, -0.2) is 9.97 Å². The molecular formula is C7H7ClN2O. The van der Waals surface area contributed by atoms with Crippen LogP contribution in [0.3, 0.4) is 0 Å². The second kappa shape index (κ2) is 3.93. The van der Waals surface area contributed by atoms with E-state index in [1.807, 2.05) is 0 Å². The van der Waals surface area contributed by atoms with E-state index < -0.39 is 0 Å². The molecule has 0 fully saturated rings. The zero-order valence-electron chi connectivity index (χ0n) is 5.83. The maximum atomic E-state index is 5.54. The third-order valence-corrected chi connectivity index (χ3v) is 1.12. The van der Waals surface area contributed by atoms with Crippen molar-refractivity contribution >= 4 is 11.6 Å². The summed E-state index contributed by atoms with van der Waals surface area (Å²) in [6, 6.07) is 0.314. The molecule has 0 aromatic carbocycles. The fraction of sp³-hybridized carbons (Fsp3) is 0.143. The van der Waals surface area contributed by atoms with E-state index in [-0.39, 0.29) is 0 Å². The van der Waals surface area contributed by atoms with Crippen LogP contribution in [0.1, 0.15) is 0 Å². The Bertz CT molecular complexity index is 235. The lowest BCUT2D eigenvalue weighted by Crippen LogP contribution is -1.96. The van der Waals surface area contributed by atoms with Crippen LogP contribution in [-0.2, 0) is 0 Å². The minimum Gasteiger partial charge on any atom is -0.459 e. The largest absolute Gasteiger partial charge is 0.459 e. The van der Waals surface area contributed by atoms with Gasteiger partial charge in [-0.2, -0.15) is 0 Å². The second-order valence-corrected chi connectivity index (χ2v) is 2.22. The van der Waals surface area contributed by atoms with Crippen molar-refractivity contribution in [2.45, 2.75) is 0 Å². The number of ether oxygens (including phenoxy) is 1. The lowest BCUT2D eigenvalue weighted by Gasteiger charge is -1.98. The topological polar surface area (TPSA) is 35.0 Å². The fourth-order valence-corrected chi connectivity index (χ4v) is 0.606. The molecular weight excluding hydrogens is 164 g/mol. The molecule has 0 radical (unpaired) electrons. The van der Waals surface area contributed by atoms with Crippen LogP contribution in [0, 0.1) is 0 Å². The SMILES string of the molecule is C=CCOc1ncc(Cl)cn1. The first-order valence-electron chi connectivity index (χ1n) is 3.04. The van der Waals surface area contributed by atoms with E-state index in [0.717, 1.165) is 0 Å². The molecule has 0 N–H and O–H groups in total. The molecule has 0 saturated carbocycles. The summed E-state index contributed by atoms with van der Waals surface area (Å²) in [5, 5.41) is 0.496. The molecule has 1 aromatic rings. The van der Waals surface area contributed by atoms with Crippen molar-refractivity contribution in [2.75, 3.05) is 6.61 Å². The highest BCUT2D eigenvalue weighted by atomic mass is 35.5. The van der Waals surface area contributed by atoms with Gasteiger partial charge in [0.2, 0.25) is 0 Å². The van der Waals surface area contributed by atoms with E-state index in [4.69, 9.17) is 16.3 Å². The molecule has 0 aliphatic carbocycles. The summed E-state index contributed by atoms with van der Waals surface area (Å²) in [5.74, 6) is 0. The fourth-order valence-electron chi connectivity index (χ4n) is 0.508. The van der Waals surface area contributed by atoms with Crippen molar-refractivity contribution in [2.24, 2.45) is 0 Å². The Balaban J connectivity index is 2.58. The third kappa shape index (κ3) is 2.55. The first-order valence-corrected chi connectivity index (χ1v) is 3.42. The lowest BCUT2D eigenvalue weighted by molar-refractivity contribution is 0.333. The van der Waals surface area contributed by atoms with E-state index in [1.54, 1.807) is 6.08 Å². The standard InChI is InChI=1S/C7H7ClN2O/c1-2-3-11-7-9-4-6(8)5-10-7/h2,4-5H,1,3H2. The van der Waals surface area contributed by atoms with E-state index >= 15 is 0 Å². The summed E-state index contributed by atoms with van der Waals surface area (Å²) in [7, 11) is 0. The molecule has 0 spiro atoms. The lowest BCUT2D eigenvalue weighted by atomic mass is 10.7. The van der Waals surface area contributed by atoms with Gasteiger partial charge >= 0.3 is 6.01 Å². The third-order valence-electron chi connectivity index (χ3n) is 0.927. The molecule has 1 aromatic heterocycles.